The third kappa shape index (κ3) is 3.76. The van der Waals surface area contributed by atoms with Crippen molar-refractivity contribution < 1.29 is 47.9 Å². The SMILES string of the molecule is [Li+].[Li+].[O-]C([O-])(c1ccccc1)c1ccccc1. The van der Waals surface area contributed by atoms with Crippen LogP contribution in [0.5, 0.6) is 0 Å². The molecule has 17 heavy (non-hydrogen) atoms. The molecule has 0 saturated carbocycles. The smallest absolute Gasteiger partial charge is 0.856 e. The Morgan fingerprint density at radius 3 is 1.18 bits per heavy atom. The summed E-state index contributed by atoms with van der Waals surface area (Å²) in [6.45, 7) is 0. The molecule has 0 amide bonds. The molecule has 0 heterocycles. The van der Waals surface area contributed by atoms with Gasteiger partial charge in [-0.3, -0.25) is 0 Å². The Morgan fingerprint density at radius 1 is 0.588 bits per heavy atom. The molecule has 2 aromatic rings. The van der Waals surface area contributed by atoms with Gasteiger partial charge in [-0.1, -0.05) is 71.8 Å². The van der Waals surface area contributed by atoms with Gasteiger partial charge in [0, 0.05) is 0 Å². The Bertz CT molecular complexity index is 388. The summed E-state index contributed by atoms with van der Waals surface area (Å²) in [5, 5.41) is 23.9. The van der Waals surface area contributed by atoms with Crippen LogP contribution in [-0.2, 0) is 5.79 Å². The first-order valence-corrected chi connectivity index (χ1v) is 4.73. The van der Waals surface area contributed by atoms with Gasteiger partial charge in [-0.25, -0.2) is 0 Å². The van der Waals surface area contributed by atoms with Gasteiger partial charge in [0.05, 0.1) is 0 Å². The van der Waals surface area contributed by atoms with Gasteiger partial charge in [0.2, 0.25) is 0 Å². The minimum atomic E-state index is -2.41. The van der Waals surface area contributed by atoms with E-state index in [4.69, 9.17) is 0 Å². The molecule has 2 nitrogen and oxygen atoms in total. The molecule has 0 bridgehead atoms. The van der Waals surface area contributed by atoms with Crippen molar-refractivity contribution in [3.05, 3.63) is 71.8 Å². The quantitative estimate of drug-likeness (QED) is 0.368. The fourth-order valence-corrected chi connectivity index (χ4v) is 1.48. The molecule has 0 atom stereocenters. The average Bonchev–Trinajstić information content (AvgIpc) is 2.31. The summed E-state index contributed by atoms with van der Waals surface area (Å²) < 4.78 is 0. The zero-order chi connectivity index (χ0) is 10.7. The van der Waals surface area contributed by atoms with E-state index in [-0.39, 0.29) is 48.8 Å². The van der Waals surface area contributed by atoms with Crippen LogP contribution < -0.4 is 47.9 Å². The van der Waals surface area contributed by atoms with Crippen molar-refractivity contribution in [2.24, 2.45) is 0 Å². The minimum absolute atomic E-state index is 0. The summed E-state index contributed by atoms with van der Waals surface area (Å²) in [5.41, 5.74) is 0.493. The molecule has 2 aromatic carbocycles. The van der Waals surface area contributed by atoms with Gasteiger partial charge in [-0.05, 0) is 0 Å². The van der Waals surface area contributed by atoms with Crippen LogP contribution in [0.4, 0.5) is 0 Å². The molecule has 76 valence electrons. The minimum Gasteiger partial charge on any atom is -0.856 e. The van der Waals surface area contributed by atoms with Crippen LogP contribution in [0.25, 0.3) is 0 Å². The van der Waals surface area contributed by atoms with Crippen LogP contribution in [0, 0.1) is 0 Å². The summed E-state index contributed by atoms with van der Waals surface area (Å²) in [6.07, 6.45) is 0. The first-order chi connectivity index (χ1) is 7.21. The summed E-state index contributed by atoms with van der Waals surface area (Å²) in [5.74, 6) is -2.41. The predicted octanol–water partition coefficient (Wildman–Crippen LogP) is -5.38. The van der Waals surface area contributed by atoms with E-state index in [0.29, 0.717) is 0 Å². The Morgan fingerprint density at radius 2 is 0.882 bits per heavy atom. The molecule has 0 N–H and O–H groups in total. The molecule has 0 spiro atoms. The summed E-state index contributed by atoms with van der Waals surface area (Å²) in [4.78, 5) is 0. The third-order valence-electron chi connectivity index (χ3n) is 2.31. The van der Waals surface area contributed by atoms with Crippen molar-refractivity contribution >= 4 is 0 Å². The van der Waals surface area contributed by atoms with E-state index >= 15 is 0 Å². The van der Waals surface area contributed by atoms with Crippen LogP contribution >= 0.6 is 0 Å². The van der Waals surface area contributed by atoms with E-state index in [1.807, 2.05) is 0 Å². The predicted molar refractivity (Wildman–Crippen MR) is 53.7 cm³/mol. The van der Waals surface area contributed by atoms with Gasteiger partial charge in [0.25, 0.3) is 0 Å². The number of benzene rings is 2. The Hall–Kier alpha value is -0.445. The molecular weight excluding hydrogens is 202 g/mol. The summed E-state index contributed by atoms with van der Waals surface area (Å²) >= 11 is 0. The van der Waals surface area contributed by atoms with Crippen molar-refractivity contribution in [3.63, 3.8) is 0 Å². The summed E-state index contributed by atoms with van der Waals surface area (Å²) in [7, 11) is 0. The van der Waals surface area contributed by atoms with Crippen molar-refractivity contribution in [3.8, 4) is 0 Å². The van der Waals surface area contributed by atoms with Crippen LogP contribution in [0.2, 0.25) is 0 Å². The maximum absolute atomic E-state index is 12.0. The van der Waals surface area contributed by atoms with Gasteiger partial charge < -0.3 is 10.2 Å². The molecule has 0 fully saturated rings. The van der Waals surface area contributed by atoms with Crippen molar-refractivity contribution in [2.75, 3.05) is 0 Å². The topological polar surface area (TPSA) is 46.1 Å². The number of rotatable bonds is 2. The van der Waals surface area contributed by atoms with Crippen LogP contribution in [0.15, 0.2) is 60.7 Å². The van der Waals surface area contributed by atoms with Crippen LogP contribution in [0.1, 0.15) is 11.1 Å². The number of hydrogen-bond acceptors (Lipinski definition) is 2. The Labute approximate surface area is 125 Å². The third-order valence-corrected chi connectivity index (χ3v) is 2.31. The van der Waals surface area contributed by atoms with Gasteiger partial charge >= 0.3 is 37.7 Å². The first kappa shape index (κ1) is 16.6. The largest absolute Gasteiger partial charge is 1.00 e. The monoisotopic (exact) mass is 212 g/mol. The molecule has 4 heteroatoms. The van der Waals surface area contributed by atoms with E-state index in [2.05, 4.69) is 0 Å². The van der Waals surface area contributed by atoms with Gasteiger partial charge in [-0.15, -0.1) is 0 Å². The van der Waals surface area contributed by atoms with Gasteiger partial charge in [-0.2, -0.15) is 5.79 Å². The zero-order valence-electron chi connectivity index (χ0n) is 10.1. The average molecular weight is 212 g/mol. The normalized spacial score (nSPS) is 10.0. The second-order valence-electron chi connectivity index (χ2n) is 3.35. The molecule has 0 aliphatic rings. The molecule has 0 saturated heterocycles. The van der Waals surface area contributed by atoms with Crippen molar-refractivity contribution in [1.29, 1.82) is 0 Å². The second-order valence-corrected chi connectivity index (χ2v) is 3.35. The molecule has 2 rings (SSSR count). The van der Waals surface area contributed by atoms with Gasteiger partial charge in [0.15, 0.2) is 0 Å². The fourth-order valence-electron chi connectivity index (χ4n) is 1.48. The van der Waals surface area contributed by atoms with E-state index in [0.717, 1.165) is 0 Å². The summed E-state index contributed by atoms with van der Waals surface area (Å²) in [6, 6.07) is 16.6. The van der Waals surface area contributed by atoms with E-state index < -0.39 is 5.79 Å². The van der Waals surface area contributed by atoms with Crippen molar-refractivity contribution in [1.82, 2.24) is 0 Å². The van der Waals surface area contributed by atoms with E-state index in [1.54, 1.807) is 60.7 Å². The van der Waals surface area contributed by atoms with Crippen molar-refractivity contribution in [2.45, 2.75) is 5.79 Å². The second kappa shape index (κ2) is 7.09. The van der Waals surface area contributed by atoms with Crippen LogP contribution in [-0.4, -0.2) is 0 Å². The Kier molecular flexibility index (Phi) is 6.91. The van der Waals surface area contributed by atoms with E-state index in [9.17, 15) is 10.2 Å². The van der Waals surface area contributed by atoms with E-state index in [1.165, 1.54) is 0 Å². The molecule has 0 aliphatic heterocycles. The standard InChI is InChI=1S/C13H10O2.2Li/c14-13(15,11-7-3-1-4-8-11)12-9-5-2-6-10-12;;/h1-10H;;/q-2;2*+1. The fraction of sp³-hybridized carbons (Fsp3) is 0.0769. The first-order valence-electron chi connectivity index (χ1n) is 4.73. The Balaban J connectivity index is 0.00000128. The number of hydrogen-bond donors (Lipinski definition) is 0. The molecule has 0 aromatic heterocycles. The zero-order valence-corrected chi connectivity index (χ0v) is 10.1. The molecule has 0 unspecified atom stereocenters. The van der Waals surface area contributed by atoms with Crippen LogP contribution in [0.3, 0.4) is 0 Å². The molecular formula is C13H10Li2O2. The maximum Gasteiger partial charge on any atom is 1.00 e. The van der Waals surface area contributed by atoms with Gasteiger partial charge in [0.1, 0.15) is 0 Å². The maximum atomic E-state index is 12.0. The molecule has 0 aliphatic carbocycles. The molecule has 0 radical (unpaired) electrons.